The molecule has 0 saturated heterocycles. The van der Waals surface area contributed by atoms with Crippen molar-refractivity contribution >= 4 is 10.1 Å². The lowest BCUT2D eigenvalue weighted by atomic mass is 10.2. The fraction of sp³-hybridized carbons (Fsp3) is 0.429. The maximum absolute atomic E-state index is 10.3. The molecule has 0 aromatic heterocycles. The maximum atomic E-state index is 10.3. The third-order valence-corrected chi connectivity index (χ3v) is 2.00. The van der Waals surface area contributed by atoms with Crippen LogP contribution in [0.3, 0.4) is 0 Å². The molecule has 0 amide bonds. The summed E-state index contributed by atoms with van der Waals surface area (Å²) >= 11 is 0. The summed E-state index contributed by atoms with van der Waals surface area (Å²) in [6.45, 7) is 5.28. The Hall–Kier alpha value is -0.610. The minimum Gasteiger partial charge on any atom is -0.286 e. The number of hydrogen-bond acceptors (Lipinski definition) is 2. The van der Waals surface area contributed by atoms with Gasteiger partial charge in [-0.1, -0.05) is 24.3 Å². The van der Waals surface area contributed by atoms with E-state index < -0.39 is 10.1 Å². The van der Waals surface area contributed by atoms with Gasteiger partial charge in [0.15, 0.2) is 0 Å². The van der Waals surface area contributed by atoms with E-state index in [9.17, 15) is 8.42 Å². The van der Waals surface area contributed by atoms with E-state index in [0.29, 0.717) is 6.42 Å². The van der Waals surface area contributed by atoms with Gasteiger partial charge in [-0.3, -0.25) is 4.55 Å². The Morgan fingerprint density at radius 3 is 2.45 bits per heavy atom. The molecule has 0 unspecified atom stereocenters. The van der Waals surface area contributed by atoms with Gasteiger partial charge in [-0.05, 0) is 13.3 Å². The zero-order chi connectivity index (χ0) is 8.91. The van der Waals surface area contributed by atoms with Crippen LogP contribution in [0.2, 0.25) is 0 Å². The summed E-state index contributed by atoms with van der Waals surface area (Å²) in [6.07, 6.45) is 3.65. The van der Waals surface area contributed by atoms with Gasteiger partial charge in [0.1, 0.15) is 0 Å². The molecule has 4 heteroatoms. The molecule has 11 heavy (non-hydrogen) atoms. The molecule has 0 aromatic carbocycles. The maximum Gasteiger partial charge on any atom is 0.265 e. The molecule has 0 atom stereocenters. The molecular formula is C7H12O3S. The molecule has 0 aliphatic carbocycles. The molecule has 0 aromatic rings. The number of rotatable bonds is 4. The van der Waals surface area contributed by atoms with Gasteiger partial charge < -0.3 is 0 Å². The van der Waals surface area contributed by atoms with Crippen LogP contribution in [0.1, 0.15) is 13.3 Å². The Morgan fingerprint density at radius 2 is 2.18 bits per heavy atom. The lowest BCUT2D eigenvalue weighted by molar-refractivity contribution is 0.483. The standard InChI is InChI=1S/C7H12O3S/c1-3-7(4-2)5-6-11(8,9)10/h3-4H,1,5-6H2,2H3,(H,8,9,10)/b7-4-. The average molecular weight is 176 g/mol. The van der Waals surface area contributed by atoms with Crippen LogP contribution in [0.5, 0.6) is 0 Å². The van der Waals surface area contributed by atoms with Crippen LogP contribution in [0.4, 0.5) is 0 Å². The van der Waals surface area contributed by atoms with Gasteiger partial charge in [0.05, 0.1) is 5.75 Å². The van der Waals surface area contributed by atoms with Gasteiger partial charge in [-0.25, -0.2) is 0 Å². The van der Waals surface area contributed by atoms with Gasteiger partial charge in [-0.2, -0.15) is 8.42 Å². The zero-order valence-electron chi connectivity index (χ0n) is 6.45. The van der Waals surface area contributed by atoms with Gasteiger partial charge in [0.2, 0.25) is 0 Å². The van der Waals surface area contributed by atoms with Crippen LogP contribution in [0.15, 0.2) is 24.3 Å². The van der Waals surface area contributed by atoms with E-state index in [0.717, 1.165) is 5.57 Å². The number of hydrogen-bond donors (Lipinski definition) is 1. The first-order valence-electron chi connectivity index (χ1n) is 3.22. The molecular weight excluding hydrogens is 164 g/mol. The topological polar surface area (TPSA) is 54.4 Å². The fourth-order valence-corrected chi connectivity index (χ4v) is 1.10. The Kier molecular flexibility index (Phi) is 4.07. The van der Waals surface area contributed by atoms with Crippen molar-refractivity contribution in [1.82, 2.24) is 0 Å². The van der Waals surface area contributed by atoms with Crippen molar-refractivity contribution in [1.29, 1.82) is 0 Å². The molecule has 0 saturated carbocycles. The Bertz CT molecular complexity index is 249. The highest BCUT2D eigenvalue weighted by Gasteiger charge is 2.03. The normalized spacial score (nSPS) is 13.1. The summed E-state index contributed by atoms with van der Waals surface area (Å²) in [5.74, 6) is -0.237. The molecule has 64 valence electrons. The monoisotopic (exact) mass is 176 g/mol. The van der Waals surface area contributed by atoms with Gasteiger partial charge in [-0.15, -0.1) is 0 Å². The molecule has 0 aliphatic heterocycles. The molecule has 0 aliphatic rings. The van der Waals surface area contributed by atoms with Crippen molar-refractivity contribution in [2.24, 2.45) is 0 Å². The van der Waals surface area contributed by atoms with Crippen LogP contribution in [0, 0.1) is 0 Å². The van der Waals surface area contributed by atoms with Crippen molar-refractivity contribution in [2.45, 2.75) is 13.3 Å². The third-order valence-electron chi connectivity index (χ3n) is 1.28. The third kappa shape index (κ3) is 5.82. The van der Waals surface area contributed by atoms with Crippen molar-refractivity contribution in [3.05, 3.63) is 24.3 Å². The Labute approximate surface area is 67.2 Å². The van der Waals surface area contributed by atoms with Crippen LogP contribution >= 0.6 is 0 Å². The molecule has 0 rings (SSSR count). The molecule has 1 N–H and O–H groups in total. The smallest absolute Gasteiger partial charge is 0.265 e. The SMILES string of the molecule is C=C/C(=C/C)CCS(=O)(=O)O. The van der Waals surface area contributed by atoms with Crippen LogP contribution in [0.25, 0.3) is 0 Å². The predicted molar refractivity (Wildman–Crippen MR) is 45.0 cm³/mol. The second-order valence-electron chi connectivity index (χ2n) is 2.10. The molecule has 0 radical (unpaired) electrons. The highest BCUT2D eigenvalue weighted by molar-refractivity contribution is 7.85. The van der Waals surface area contributed by atoms with Crippen molar-refractivity contribution in [2.75, 3.05) is 5.75 Å². The Morgan fingerprint density at radius 1 is 1.64 bits per heavy atom. The van der Waals surface area contributed by atoms with E-state index in [1.54, 1.807) is 19.1 Å². The second-order valence-corrected chi connectivity index (χ2v) is 3.68. The molecule has 0 fully saturated rings. The van der Waals surface area contributed by atoms with Gasteiger partial charge in [0, 0.05) is 0 Å². The first kappa shape index (κ1) is 10.4. The summed E-state index contributed by atoms with van der Waals surface area (Å²) in [7, 11) is -3.83. The van der Waals surface area contributed by atoms with Crippen LogP contribution in [-0.4, -0.2) is 18.7 Å². The molecule has 0 heterocycles. The van der Waals surface area contributed by atoms with Gasteiger partial charge >= 0.3 is 0 Å². The zero-order valence-corrected chi connectivity index (χ0v) is 7.26. The molecule has 3 nitrogen and oxygen atoms in total. The van der Waals surface area contributed by atoms with Crippen molar-refractivity contribution < 1.29 is 13.0 Å². The second kappa shape index (κ2) is 4.31. The van der Waals surface area contributed by atoms with Crippen molar-refractivity contribution in [3.8, 4) is 0 Å². The van der Waals surface area contributed by atoms with E-state index in [2.05, 4.69) is 6.58 Å². The predicted octanol–water partition coefficient (Wildman–Crippen LogP) is 1.40. The Balaban J connectivity index is 3.99. The summed E-state index contributed by atoms with van der Waals surface area (Å²) in [6, 6.07) is 0. The molecule has 0 bridgehead atoms. The fourth-order valence-electron chi connectivity index (χ4n) is 0.611. The minimum absolute atomic E-state index is 0.237. The van der Waals surface area contributed by atoms with E-state index in [1.807, 2.05) is 0 Å². The first-order chi connectivity index (χ1) is 4.99. The first-order valence-corrected chi connectivity index (χ1v) is 4.83. The average Bonchev–Trinajstić information content (AvgIpc) is 1.88. The van der Waals surface area contributed by atoms with E-state index in [-0.39, 0.29) is 5.75 Å². The van der Waals surface area contributed by atoms with E-state index >= 15 is 0 Å². The van der Waals surface area contributed by atoms with Crippen LogP contribution in [-0.2, 0) is 10.1 Å². The minimum atomic E-state index is -3.83. The van der Waals surface area contributed by atoms with E-state index in [4.69, 9.17) is 4.55 Å². The summed E-state index contributed by atoms with van der Waals surface area (Å²) in [5.41, 5.74) is 0.822. The summed E-state index contributed by atoms with van der Waals surface area (Å²) in [5, 5.41) is 0. The summed E-state index contributed by atoms with van der Waals surface area (Å²) in [4.78, 5) is 0. The highest BCUT2D eigenvalue weighted by Crippen LogP contribution is 2.03. The number of allylic oxidation sites excluding steroid dienone is 3. The van der Waals surface area contributed by atoms with Crippen LogP contribution < -0.4 is 0 Å². The quantitative estimate of drug-likeness (QED) is 0.520. The highest BCUT2D eigenvalue weighted by atomic mass is 32.2. The molecule has 0 spiro atoms. The van der Waals surface area contributed by atoms with Crippen molar-refractivity contribution in [3.63, 3.8) is 0 Å². The lowest BCUT2D eigenvalue weighted by Gasteiger charge is -1.97. The lowest BCUT2D eigenvalue weighted by Crippen LogP contribution is -2.03. The largest absolute Gasteiger partial charge is 0.286 e. The van der Waals surface area contributed by atoms with Gasteiger partial charge in [0.25, 0.3) is 10.1 Å². The summed E-state index contributed by atoms with van der Waals surface area (Å²) < 4.78 is 28.9. The van der Waals surface area contributed by atoms with E-state index in [1.165, 1.54) is 0 Å².